The van der Waals surface area contributed by atoms with Crippen LogP contribution in [0.5, 0.6) is 0 Å². The van der Waals surface area contributed by atoms with Crippen LogP contribution in [0.3, 0.4) is 0 Å². The Bertz CT molecular complexity index is 570. The summed E-state index contributed by atoms with van der Waals surface area (Å²) < 4.78 is 25.1. The van der Waals surface area contributed by atoms with Crippen molar-refractivity contribution < 1.29 is 8.78 Å². The summed E-state index contributed by atoms with van der Waals surface area (Å²) in [5, 5.41) is 3.85. The van der Waals surface area contributed by atoms with Crippen molar-refractivity contribution >= 4 is 17.3 Å². The van der Waals surface area contributed by atoms with E-state index < -0.39 is 6.43 Å². The lowest BCUT2D eigenvalue weighted by molar-refractivity contribution is 0.151. The lowest BCUT2D eigenvalue weighted by atomic mass is 10.1. The van der Waals surface area contributed by atoms with Gasteiger partial charge >= 0.3 is 0 Å². The fourth-order valence-electron chi connectivity index (χ4n) is 1.75. The Labute approximate surface area is 116 Å². The zero-order chi connectivity index (χ0) is 13.8. The number of anilines is 1. The third-order valence-electron chi connectivity index (χ3n) is 2.87. The molecule has 0 amide bonds. The van der Waals surface area contributed by atoms with Crippen LogP contribution in [0.25, 0.3) is 0 Å². The molecule has 0 aliphatic rings. The van der Waals surface area contributed by atoms with Gasteiger partial charge in [-0.3, -0.25) is 0 Å². The fraction of sp³-hybridized carbons (Fsp3) is 0.200. The molecule has 0 radical (unpaired) electrons. The van der Waals surface area contributed by atoms with E-state index >= 15 is 0 Å². The molecule has 0 fully saturated rings. The third-order valence-corrected chi connectivity index (χ3v) is 3.28. The largest absolute Gasteiger partial charge is 0.381 e. The Kier molecular flexibility index (Phi) is 4.38. The molecule has 0 heterocycles. The van der Waals surface area contributed by atoms with Crippen LogP contribution in [-0.2, 0) is 6.54 Å². The third kappa shape index (κ3) is 3.67. The topological polar surface area (TPSA) is 12.0 Å². The predicted octanol–water partition coefficient (Wildman–Crippen LogP) is 5.20. The molecule has 0 bridgehead atoms. The molecule has 2 rings (SSSR count). The minimum absolute atomic E-state index is 0.0428. The van der Waals surface area contributed by atoms with Crippen molar-refractivity contribution in [1.29, 1.82) is 0 Å². The molecule has 100 valence electrons. The van der Waals surface area contributed by atoms with E-state index in [2.05, 4.69) is 5.32 Å². The highest BCUT2D eigenvalue weighted by Crippen LogP contribution is 2.22. The van der Waals surface area contributed by atoms with E-state index in [0.29, 0.717) is 11.6 Å². The molecule has 2 aromatic rings. The monoisotopic (exact) mass is 281 g/mol. The highest BCUT2D eigenvalue weighted by molar-refractivity contribution is 6.31. The average Bonchev–Trinajstić information content (AvgIpc) is 2.40. The summed E-state index contributed by atoms with van der Waals surface area (Å²) in [5.41, 5.74) is 2.74. The first-order chi connectivity index (χ1) is 9.06. The number of benzene rings is 2. The van der Waals surface area contributed by atoms with Crippen molar-refractivity contribution in [2.75, 3.05) is 5.32 Å². The summed E-state index contributed by atoms with van der Waals surface area (Å²) in [6, 6.07) is 12.0. The van der Waals surface area contributed by atoms with Crippen LogP contribution in [0.1, 0.15) is 23.1 Å². The van der Waals surface area contributed by atoms with Gasteiger partial charge in [-0.1, -0.05) is 35.9 Å². The maximum Gasteiger partial charge on any atom is 0.263 e. The summed E-state index contributed by atoms with van der Waals surface area (Å²) in [6.45, 7) is 2.41. The fourth-order valence-corrected chi connectivity index (χ4v) is 1.93. The van der Waals surface area contributed by atoms with E-state index in [1.54, 1.807) is 6.07 Å². The van der Waals surface area contributed by atoms with Gasteiger partial charge in [-0.25, -0.2) is 8.78 Å². The zero-order valence-electron chi connectivity index (χ0n) is 10.5. The highest BCUT2D eigenvalue weighted by Gasteiger charge is 2.06. The molecule has 1 N–H and O–H groups in total. The first-order valence-electron chi connectivity index (χ1n) is 5.93. The number of nitrogens with one attached hydrogen (secondary N) is 1. The summed E-state index contributed by atoms with van der Waals surface area (Å²) in [6.07, 6.45) is -2.44. The van der Waals surface area contributed by atoms with Crippen molar-refractivity contribution in [1.82, 2.24) is 0 Å². The van der Waals surface area contributed by atoms with Gasteiger partial charge in [-0.05, 0) is 36.2 Å². The number of alkyl halides is 2. The normalized spacial score (nSPS) is 10.8. The van der Waals surface area contributed by atoms with Gasteiger partial charge in [-0.15, -0.1) is 0 Å². The Balaban J connectivity index is 2.05. The maximum atomic E-state index is 12.6. The summed E-state index contributed by atoms with van der Waals surface area (Å²) in [4.78, 5) is 0. The van der Waals surface area contributed by atoms with Gasteiger partial charge in [0.25, 0.3) is 6.43 Å². The van der Waals surface area contributed by atoms with Gasteiger partial charge in [0.1, 0.15) is 0 Å². The SMILES string of the molecule is Cc1ccc(NCc2cccc(C(F)F)c2)cc1Cl. The van der Waals surface area contributed by atoms with Crippen molar-refractivity contribution in [2.24, 2.45) is 0 Å². The van der Waals surface area contributed by atoms with Crippen LogP contribution < -0.4 is 5.32 Å². The lowest BCUT2D eigenvalue weighted by Gasteiger charge is -2.09. The molecule has 0 aliphatic heterocycles. The standard InChI is InChI=1S/C15H14ClF2N/c1-10-5-6-13(8-14(10)16)19-9-11-3-2-4-12(7-11)15(17)18/h2-8,15,19H,9H2,1H3. The Morgan fingerprint density at radius 3 is 2.63 bits per heavy atom. The van der Waals surface area contributed by atoms with Crippen LogP contribution in [-0.4, -0.2) is 0 Å². The molecule has 0 aliphatic carbocycles. The van der Waals surface area contributed by atoms with Crippen molar-refractivity contribution in [3.8, 4) is 0 Å². The predicted molar refractivity (Wildman–Crippen MR) is 74.9 cm³/mol. The zero-order valence-corrected chi connectivity index (χ0v) is 11.2. The number of rotatable bonds is 4. The Hall–Kier alpha value is -1.61. The summed E-state index contributed by atoms with van der Waals surface area (Å²) in [7, 11) is 0. The lowest BCUT2D eigenvalue weighted by Crippen LogP contribution is -2.00. The van der Waals surface area contributed by atoms with Crippen LogP contribution in [0.2, 0.25) is 5.02 Å². The van der Waals surface area contributed by atoms with Crippen LogP contribution in [0.15, 0.2) is 42.5 Å². The molecule has 0 unspecified atom stereocenters. The quantitative estimate of drug-likeness (QED) is 0.812. The molecule has 1 nitrogen and oxygen atoms in total. The maximum absolute atomic E-state index is 12.6. The number of hydrogen-bond donors (Lipinski definition) is 1. The van der Waals surface area contributed by atoms with Gasteiger partial charge in [0.15, 0.2) is 0 Å². The Morgan fingerprint density at radius 2 is 1.95 bits per heavy atom. The van der Waals surface area contributed by atoms with Crippen molar-refractivity contribution in [3.05, 3.63) is 64.2 Å². The van der Waals surface area contributed by atoms with Crippen molar-refractivity contribution in [2.45, 2.75) is 19.9 Å². The summed E-state index contributed by atoms with van der Waals surface area (Å²) in [5.74, 6) is 0. The first-order valence-corrected chi connectivity index (χ1v) is 6.31. The first kappa shape index (κ1) is 13.8. The molecule has 0 saturated heterocycles. The van der Waals surface area contributed by atoms with Crippen LogP contribution >= 0.6 is 11.6 Å². The van der Waals surface area contributed by atoms with Gasteiger partial charge in [0.2, 0.25) is 0 Å². The van der Waals surface area contributed by atoms with E-state index in [4.69, 9.17) is 11.6 Å². The molecule has 0 spiro atoms. The molecule has 0 atom stereocenters. The van der Waals surface area contributed by atoms with Crippen molar-refractivity contribution in [3.63, 3.8) is 0 Å². The van der Waals surface area contributed by atoms with Crippen LogP contribution in [0, 0.1) is 6.92 Å². The minimum Gasteiger partial charge on any atom is -0.381 e. The van der Waals surface area contributed by atoms with E-state index in [9.17, 15) is 8.78 Å². The molecule has 2 aromatic carbocycles. The van der Waals surface area contributed by atoms with E-state index in [0.717, 1.165) is 16.8 Å². The molecule has 0 aromatic heterocycles. The Morgan fingerprint density at radius 1 is 1.16 bits per heavy atom. The summed E-state index contributed by atoms with van der Waals surface area (Å²) >= 11 is 6.02. The number of aryl methyl sites for hydroxylation is 1. The number of hydrogen-bond acceptors (Lipinski definition) is 1. The van der Waals surface area contributed by atoms with Gasteiger partial charge < -0.3 is 5.32 Å². The molecular weight excluding hydrogens is 268 g/mol. The second-order valence-corrected chi connectivity index (χ2v) is 4.77. The van der Waals surface area contributed by atoms with Crippen LogP contribution in [0.4, 0.5) is 14.5 Å². The highest BCUT2D eigenvalue weighted by atomic mass is 35.5. The molecule has 4 heteroatoms. The van der Waals surface area contributed by atoms with E-state index in [1.165, 1.54) is 12.1 Å². The molecular formula is C15H14ClF2N. The second-order valence-electron chi connectivity index (χ2n) is 4.36. The van der Waals surface area contributed by atoms with E-state index in [1.807, 2.05) is 31.2 Å². The van der Waals surface area contributed by atoms with Gasteiger partial charge in [-0.2, -0.15) is 0 Å². The van der Waals surface area contributed by atoms with E-state index in [-0.39, 0.29) is 5.56 Å². The molecule has 19 heavy (non-hydrogen) atoms. The minimum atomic E-state index is -2.44. The van der Waals surface area contributed by atoms with Gasteiger partial charge in [0, 0.05) is 22.8 Å². The second kappa shape index (κ2) is 6.02. The number of halogens is 3. The molecule has 0 saturated carbocycles. The van der Waals surface area contributed by atoms with Gasteiger partial charge in [0.05, 0.1) is 0 Å². The average molecular weight is 282 g/mol. The smallest absolute Gasteiger partial charge is 0.263 e.